The van der Waals surface area contributed by atoms with Gasteiger partial charge >= 0.3 is 8.68 Å². The minimum absolute atomic E-state index is 0. The number of rotatable bonds is 0. The van der Waals surface area contributed by atoms with E-state index in [1.807, 2.05) is 0 Å². The number of hydrogen-bond acceptors (Lipinski definition) is 2. The SMILES string of the molecule is C1COCN1.F[B-](F)(F)F.[H+]. The molecule has 0 aromatic carbocycles. The summed E-state index contributed by atoms with van der Waals surface area (Å²) in [4.78, 5) is 0. The highest BCUT2D eigenvalue weighted by Crippen LogP contribution is 2.06. The molecule has 0 saturated carbocycles. The molecule has 0 atom stereocenters. The molecule has 1 aliphatic rings. The molecule has 1 fully saturated rings. The lowest BCUT2D eigenvalue weighted by Gasteiger charge is -1.94. The Bertz CT molecular complexity index is 74.3. The quantitative estimate of drug-likeness (QED) is 0.422. The smallest absolute Gasteiger partial charge is 0.418 e. The zero-order valence-corrected chi connectivity index (χ0v) is 5.12. The van der Waals surface area contributed by atoms with E-state index in [9.17, 15) is 17.3 Å². The van der Waals surface area contributed by atoms with Gasteiger partial charge in [0.2, 0.25) is 0 Å². The summed E-state index contributed by atoms with van der Waals surface area (Å²) in [6.45, 7) is 2.67. The normalized spacial score (nSPS) is 18.0. The van der Waals surface area contributed by atoms with Gasteiger partial charge in [0.05, 0.1) is 13.3 Å². The fourth-order valence-electron chi connectivity index (χ4n) is 0.361. The predicted molar refractivity (Wildman–Crippen MR) is 30.1 cm³/mol. The van der Waals surface area contributed by atoms with E-state index in [1.54, 1.807) is 0 Å². The van der Waals surface area contributed by atoms with Crippen molar-refractivity contribution in [1.29, 1.82) is 0 Å². The van der Waals surface area contributed by atoms with Gasteiger partial charge in [-0.1, -0.05) is 0 Å². The first kappa shape index (κ1) is 9.70. The first-order chi connectivity index (χ1) is 4.50. The molecule has 0 radical (unpaired) electrons. The highest BCUT2D eigenvalue weighted by molar-refractivity contribution is 6.50. The van der Waals surface area contributed by atoms with Gasteiger partial charge in [-0.2, -0.15) is 0 Å². The van der Waals surface area contributed by atoms with Crippen LogP contribution in [0.3, 0.4) is 0 Å². The highest BCUT2D eigenvalue weighted by Gasteiger charge is 2.20. The van der Waals surface area contributed by atoms with Gasteiger partial charge in [-0.05, 0) is 0 Å². The van der Waals surface area contributed by atoms with Crippen molar-refractivity contribution < 1.29 is 23.4 Å². The Morgan fingerprint density at radius 2 is 1.80 bits per heavy atom. The molecular formula is C3H8BF4NO. The lowest BCUT2D eigenvalue weighted by molar-refractivity contribution is 0.194. The van der Waals surface area contributed by atoms with Gasteiger partial charge in [0, 0.05) is 6.54 Å². The second-order valence-electron chi connectivity index (χ2n) is 1.55. The molecule has 2 nitrogen and oxygen atoms in total. The summed E-state index contributed by atoms with van der Waals surface area (Å²) < 4.78 is 43.8. The molecule has 0 aromatic rings. The maximum Gasteiger partial charge on any atom is 1.00 e. The third kappa shape index (κ3) is 15.6. The van der Waals surface area contributed by atoms with E-state index >= 15 is 0 Å². The molecule has 1 rings (SSSR count). The predicted octanol–water partition coefficient (Wildman–Crippen LogP) is 0.976. The summed E-state index contributed by atoms with van der Waals surface area (Å²) in [6.07, 6.45) is 0. The van der Waals surface area contributed by atoms with Crippen LogP contribution in [0.25, 0.3) is 0 Å². The van der Waals surface area contributed by atoms with E-state index in [-0.39, 0.29) is 1.43 Å². The molecule has 10 heavy (non-hydrogen) atoms. The molecular weight excluding hydrogens is 153 g/mol. The van der Waals surface area contributed by atoms with Gasteiger partial charge in [0.25, 0.3) is 0 Å². The van der Waals surface area contributed by atoms with E-state index in [0.717, 1.165) is 19.9 Å². The Hall–Kier alpha value is -0.295. The molecule has 0 aliphatic carbocycles. The lowest BCUT2D eigenvalue weighted by Crippen LogP contribution is -2.05. The molecule has 0 unspecified atom stereocenters. The van der Waals surface area contributed by atoms with E-state index in [2.05, 4.69) is 5.32 Å². The highest BCUT2D eigenvalue weighted by atomic mass is 19.5. The summed E-state index contributed by atoms with van der Waals surface area (Å²) in [5.41, 5.74) is 0. The molecule has 62 valence electrons. The Kier molecular flexibility index (Phi) is 4.38. The largest absolute Gasteiger partial charge is 1.00 e. The van der Waals surface area contributed by atoms with Gasteiger partial charge in [0.15, 0.2) is 0 Å². The Morgan fingerprint density at radius 1 is 1.30 bits per heavy atom. The van der Waals surface area contributed by atoms with Gasteiger partial charge < -0.3 is 22.0 Å². The molecule has 1 saturated heterocycles. The zero-order valence-electron chi connectivity index (χ0n) is 6.12. The third-order valence-corrected chi connectivity index (χ3v) is 0.627. The van der Waals surface area contributed by atoms with Crippen LogP contribution >= 0.6 is 0 Å². The monoisotopic (exact) mass is 161 g/mol. The van der Waals surface area contributed by atoms with Crippen molar-refractivity contribution in [3.63, 3.8) is 0 Å². The fraction of sp³-hybridized carbons (Fsp3) is 1.00. The molecule has 0 bridgehead atoms. The maximum atomic E-state index is 9.75. The van der Waals surface area contributed by atoms with Gasteiger partial charge in [0.1, 0.15) is 0 Å². The van der Waals surface area contributed by atoms with Crippen LogP contribution < -0.4 is 5.32 Å². The molecule has 1 N–H and O–H groups in total. The van der Waals surface area contributed by atoms with E-state index in [4.69, 9.17) is 4.74 Å². The van der Waals surface area contributed by atoms with Crippen molar-refractivity contribution in [1.82, 2.24) is 5.32 Å². The van der Waals surface area contributed by atoms with Crippen molar-refractivity contribution in [3.05, 3.63) is 0 Å². The molecule has 0 amide bonds. The number of nitrogens with one attached hydrogen (secondary N) is 1. The van der Waals surface area contributed by atoms with E-state index in [0.29, 0.717) is 0 Å². The minimum atomic E-state index is -6.00. The van der Waals surface area contributed by atoms with Gasteiger partial charge in [-0.15, -0.1) is 0 Å². The molecule has 1 heterocycles. The maximum absolute atomic E-state index is 9.75. The van der Waals surface area contributed by atoms with Crippen molar-refractivity contribution in [3.8, 4) is 0 Å². The average Bonchev–Trinajstić information content (AvgIpc) is 2.07. The van der Waals surface area contributed by atoms with Crippen molar-refractivity contribution >= 4 is 7.25 Å². The summed E-state index contributed by atoms with van der Waals surface area (Å²) in [7, 11) is -6.00. The van der Waals surface area contributed by atoms with Crippen LogP contribution in [0.5, 0.6) is 0 Å². The van der Waals surface area contributed by atoms with E-state index < -0.39 is 7.25 Å². The summed E-state index contributed by atoms with van der Waals surface area (Å²) >= 11 is 0. The lowest BCUT2D eigenvalue weighted by atomic mass is 10.3. The Balaban J connectivity index is 0. The summed E-state index contributed by atoms with van der Waals surface area (Å²) in [5.74, 6) is 0. The van der Waals surface area contributed by atoms with Crippen molar-refractivity contribution in [2.24, 2.45) is 0 Å². The first-order valence-corrected chi connectivity index (χ1v) is 2.66. The third-order valence-electron chi connectivity index (χ3n) is 0.627. The molecule has 7 heteroatoms. The van der Waals surface area contributed by atoms with Gasteiger partial charge in [-0.25, -0.2) is 0 Å². The van der Waals surface area contributed by atoms with Crippen LogP contribution in [0, 0.1) is 0 Å². The second kappa shape index (κ2) is 4.51. The molecule has 0 spiro atoms. The van der Waals surface area contributed by atoms with Crippen LogP contribution in [0.2, 0.25) is 0 Å². The topological polar surface area (TPSA) is 21.3 Å². The fourth-order valence-corrected chi connectivity index (χ4v) is 0.361. The first-order valence-electron chi connectivity index (χ1n) is 2.66. The van der Waals surface area contributed by atoms with Gasteiger partial charge in [-0.3, -0.25) is 5.32 Å². The molecule has 1 aliphatic heterocycles. The summed E-state index contributed by atoms with van der Waals surface area (Å²) in [5, 5.41) is 3.00. The van der Waals surface area contributed by atoms with Crippen LogP contribution in [-0.4, -0.2) is 27.1 Å². The standard InChI is InChI=1S/C3H7NO.BF4/c1-2-5-3-4-1;2-1(3,4)5/h4H,1-3H2;/q;-1/p+1. The number of halogens is 4. The zero-order chi connectivity index (χ0) is 8.04. The van der Waals surface area contributed by atoms with Crippen LogP contribution in [-0.2, 0) is 4.74 Å². The van der Waals surface area contributed by atoms with E-state index in [1.165, 1.54) is 0 Å². The van der Waals surface area contributed by atoms with Crippen molar-refractivity contribution in [2.45, 2.75) is 0 Å². The number of ether oxygens (including phenoxy) is 1. The second-order valence-corrected chi connectivity index (χ2v) is 1.55. The van der Waals surface area contributed by atoms with Crippen LogP contribution in [0.4, 0.5) is 17.3 Å². The Labute approximate surface area is 57.1 Å². The van der Waals surface area contributed by atoms with Crippen LogP contribution in [0.15, 0.2) is 0 Å². The van der Waals surface area contributed by atoms with Crippen LogP contribution in [0.1, 0.15) is 1.43 Å². The summed E-state index contributed by atoms with van der Waals surface area (Å²) in [6, 6.07) is 0. The molecule has 0 aromatic heterocycles. The Morgan fingerprint density at radius 3 is 1.90 bits per heavy atom. The van der Waals surface area contributed by atoms with Crippen molar-refractivity contribution in [2.75, 3.05) is 19.9 Å². The average molecular weight is 161 g/mol. The number of hydrogen-bond donors (Lipinski definition) is 1. The minimum Gasteiger partial charge on any atom is -0.418 e.